The summed E-state index contributed by atoms with van der Waals surface area (Å²) in [5, 5.41) is 42.7. The van der Waals surface area contributed by atoms with Gasteiger partial charge in [-0.15, -0.1) is 0 Å². The van der Waals surface area contributed by atoms with Crippen LogP contribution in [-0.4, -0.2) is 112 Å². The summed E-state index contributed by atoms with van der Waals surface area (Å²) in [5.74, 6) is -4.70. The van der Waals surface area contributed by atoms with E-state index in [4.69, 9.17) is 0 Å². The normalized spacial score (nSPS) is 22.0. The van der Waals surface area contributed by atoms with Crippen LogP contribution < -0.4 is 0 Å². The Bertz CT molecular complexity index is 912. The number of nitrogens with zero attached hydrogens (tertiary/aromatic N) is 4. The lowest BCUT2D eigenvalue weighted by Crippen LogP contribution is -2.64. The lowest BCUT2D eigenvalue weighted by Gasteiger charge is -2.53. The zero-order chi connectivity index (χ0) is 33.7. The van der Waals surface area contributed by atoms with Crippen molar-refractivity contribution < 1.29 is 39.8 Å². The maximum absolute atomic E-state index is 12.6. The Morgan fingerprint density at radius 2 is 0.750 bits per heavy atom. The Morgan fingerprint density at radius 1 is 0.523 bits per heavy atom. The number of hydrogen-bond acceptors (Lipinski definition) is 8. The number of aliphatic carboxylic acids is 2. The maximum Gasteiger partial charge on any atom is 0.394 e. The topological polar surface area (TPSA) is 162 Å². The first-order valence-electron chi connectivity index (χ1n) is 16.2. The number of carbonyl (C=O) groups is 4. The number of amides is 2. The molecule has 2 amide bonds. The third-order valence-electron chi connectivity index (χ3n) is 9.55. The molecule has 0 spiro atoms. The van der Waals surface area contributed by atoms with Crippen molar-refractivity contribution in [2.75, 3.05) is 13.1 Å². The number of carboxylic acids is 2. The van der Waals surface area contributed by atoms with E-state index >= 15 is 0 Å². The number of rotatable bonds is 13. The summed E-state index contributed by atoms with van der Waals surface area (Å²) in [4.78, 5) is 51.3. The summed E-state index contributed by atoms with van der Waals surface area (Å²) in [7, 11) is 0. The van der Waals surface area contributed by atoms with Crippen LogP contribution in [0, 0.1) is 0 Å². The molecule has 0 aromatic heterocycles. The number of carbonyl (C=O) groups excluding carboxylic acids is 2. The lowest BCUT2D eigenvalue weighted by molar-refractivity contribution is -0.251. The molecule has 254 valence electrons. The van der Waals surface area contributed by atoms with Crippen molar-refractivity contribution in [1.82, 2.24) is 19.9 Å². The van der Waals surface area contributed by atoms with E-state index in [1.165, 1.54) is 19.9 Å². The Morgan fingerprint density at radius 3 is 0.977 bits per heavy atom. The number of hydroxylamine groups is 4. The quantitative estimate of drug-likeness (QED) is 0.166. The number of carboxylic acid groups (broad SMARTS) is 2. The van der Waals surface area contributed by atoms with Gasteiger partial charge < -0.3 is 30.4 Å². The molecule has 0 saturated carbocycles. The van der Waals surface area contributed by atoms with Crippen molar-refractivity contribution in [1.29, 1.82) is 0 Å². The van der Waals surface area contributed by atoms with Crippen molar-refractivity contribution in [2.24, 2.45) is 0 Å². The molecule has 2 saturated heterocycles. The predicted octanol–water partition coefficient (Wildman–Crippen LogP) is 4.76. The molecule has 2 heterocycles. The van der Waals surface area contributed by atoms with Crippen molar-refractivity contribution >= 4 is 23.8 Å². The Labute approximate surface area is 263 Å². The summed E-state index contributed by atoms with van der Waals surface area (Å²) in [6.45, 7) is 15.9. The fourth-order valence-corrected chi connectivity index (χ4v) is 7.65. The molecule has 0 unspecified atom stereocenters. The van der Waals surface area contributed by atoms with E-state index in [0.29, 0.717) is 51.6 Å². The summed E-state index contributed by atoms with van der Waals surface area (Å²) in [6, 6.07) is -0.541. The summed E-state index contributed by atoms with van der Waals surface area (Å²) < 4.78 is 0. The minimum atomic E-state index is -1.46. The van der Waals surface area contributed by atoms with E-state index in [0.717, 1.165) is 38.5 Å². The van der Waals surface area contributed by atoms with Crippen LogP contribution >= 0.6 is 0 Å². The summed E-state index contributed by atoms with van der Waals surface area (Å²) in [6.07, 6.45) is 8.95. The fraction of sp³-hybridized carbons (Fsp3) is 0.875. The van der Waals surface area contributed by atoms with E-state index in [-0.39, 0.29) is 12.1 Å². The predicted molar refractivity (Wildman–Crippen MR) is 165 cm³/mol. The Hall–Kier alpha value is -2.28. The van der Waals surface area contributed by atoms with Gasteiger partial charge in [-0.1, -0.05) is 38.5 Å². The van der Waals surface area contributed by atoms with Crippen LogP contribution in [0.4, 0.5) is 0 Å². The minimum Gasteiger partial charge on any atom is -0.474 e. The molecule has 4 N–H and O–H groups in total. The van der Waals surface area contributed by atoms with Gasteiger partial charge in [0.15, 0.2) is 0 Å². The van der Waals surface area contributed by atoms with Crippen molar-refractivity contribution in [3.05, 3.63) is 0 Å². The first-order valence-corrected chi connectivity index (χ1v) is 16.2. The average molecular weight is 627 g/mol. The van der Waals surface area contributed by atoms with E-state index in [9.17, 15) is 39.8 Å². The van der Waals surface area contributed by atoms with Gasteiger partial charge in [-0.3, -0.25) is 9.59 Å². The number of unbranched alkanes of at least 4 members (excludes halogenated alkanes) is 7. The van der Waals surface area contributed by atoms with Crippen LogP contribution in [-0.2, 0) is 19.2 Å². The highest BCUT2D eigenvalue weighted by atomic mass is 16.5. The van der Waals surface area contributed by atoms with Crippen LogP contribution in [0.25, 0.3) is 0 Å². The number of hydrogen-bond donors (Lipinski definition) is 4. The fourth-order valence-electron chi connectivity index (χ4n) is 7.65. The number of piperidine rings is 2. The maximum atomic E-state index is 12.6. The Balaban J connectivity index is 1.79. The molecular weight excluding hydrogens is 568 g/mol. The van der Waals surface area contributed by atoms with Gasteiger partial charge in [0, 0.05) is 47.3 Å². The van der Waals surface area contributed by atoms with Gasteiger partial charge in [0.05, 0.1) is 0 Å². The smallest absolute Gasteiger partial charge is 0.394 e. The third-order valence-corrected chi connectivity index (χ3v) is 9.55. The van der Waals surface area contributed by atoms with Gasteiger partial charge >= 0.3 is 23.8 Å². The van der Waals surface area contributed by atoms with Crippen LogP contribution in [0.3, 0.4) is 0 Å². The van der Waals surface area contributed by atoms with Gasteiger partial charge in [0.2, 0.25) is 0 Å². The van der Waals surface area contributed by atoms with Gasteiger partial charge in [0.1, 0.15) is 0 Å². The summed E-state index contributed by atoms with van der Waals surface area (Å²) >= 11 is 0. The standard InChI is InChI=1S/C32H58N4O8/c1-29(2)19-23(20-30(3,4)35(29)43)33(25(37)27(39)40)17-15-13-11-9-10-12-14-16-18-34(26(38)28(41)42)24-21-31(5,6)36(44)32(7,8)22-24/h23-24,43-44H,9-22H2,1-8H3,(H,39,40)(H,41,42). The summed E-state index contributed by atoms with van der Waals surface area (Å²) in [5.41, 5.74) is -2.37. The van der Waals surface area contributed by atoms with Crippen molar-refractivity contribution in [3.8, 4) is 0 Å². The third kappa shape index (κ3) is 9.61. The largest absolute Gasteiger partial charge is 0.474 e. The van der Waals surface area contributed by atoms with E-state index in [1.807, 2.05) is 55.4 Å². The lowest BCUT2D eigenvalue weighted by atomic mass is 9.78. The molecule has 2 aliphatic heterocycles. The molecular formula is C32H58N4O8. The van der Waals surface area contributed by atoms with Crippen LogP contribution in [0.2, 0.25) is 0 Å². The molecule has 0 aromatic carbocycles. The molecule has 12 nitrogen and oxygen atoms in total. The monoisotopic (exact) mass is 626 g/mol. The Kier molecular flexibility index (Phi) is 12.8. The molecule has 0 aliphatic carbocycles. The zero-order valence-electron chi connectivity index (χ0n) is 28.3. The second kappa shape index (κ2) is 14.9. The molecule has 0 radical (unpaired) electrons. The van der Waals surface area contributed by atoms with Gasteiger partial charge in [-0.25, -0.2) is 9.59 Å². The highest BCUT2D eigenvalue weighted by molar-refractivity contribution is 6.31. The molecule has 2 fully saturated rings. The van der Waals surface area contributed by atoms with Gasteiger partial charge in [0.25, 0.3) is 0 Å². The van der Waals surface area contributed by atoms with Crippen LogP contribution in [0.5, 0.6) is 0 Å². The molecule has 0 aromatic rings. The highest BCUT2D eigenvalue weighted by Gasteiger charge is 2.49. The van der Waals surface area contributed by atoms with Gasteiger partial charge in [-0.2, -0.15) is 10.1 Å². The molecule has 0 bridgehead atoms. The van der Waals surface area contributed by atoms with E-state index in [2.05, 4.69) is 0 Å². The molecule has 0 atom stereocenters. The molecule has 2 aliphatic rings. The van der Waals surface area contributed by atoms with E-state index < -0.39 is 45.9 Å². The first-order chi connectivity index (χ1) is 20.1. The first kappa shape index (κ1) is 37.9. The van der Waals surface area contributed by atoms with Gasteiger partial charge in [-0.05, 0) is 93.9 Å². The zero-order valence-corrected chi connectivity index (χ0v) is 28.3. The molecule has 44 heavy (non-hydrogen) atoms. The molecule has 12 heteroatoms. The average Bonchev–Trinajstić information content (AvgIpc) is 2.89. The second-order valence-corrected chi connectivity index (χ2v) is 15.4. The second-order valence-electron chi connectivity index (χ2n) is 15.4. The highest BCUT2D eigenvalue weighted by Crippen LogP contribution is 2.40. The van der Waals surface area contributed by atoms with Crippen molar-refractivity contribution in [2.45, 2.75) is 167 Å². The molecule has 2 rings (SSSR count). The van der Waals surface area contributed by atoms with E-state index in [1.54, 1.807) is 0 Å². The minimum absolute atomic E-state index is 0.270. The van der Waals surface area contributed by atoms with Crippen molar-refractivity contribution in [3.63, 3.8) is 0 Å². The van der Waals surface area contributed by atoms with Crippen LogP contribution in [0.1, 0.15) is 132 Å². The van der Waals surface area contributed by atoms with Crippen LogP contribution in [0.15, 0.2) is 0 Å². The SMILES string of the molecule is CC1(C)CC(N(CCCCCCCCCCN(C(=O)C(=O)O)C2CC(C)(C)N(O)C(C)(C)C2)C(=O)C(=O)O)CC(C)(C)N1O.